The van der Waals surface area contributed by atoms with Gasteiger partial charge in [-0.05, 0) is 12.7 Å². The maximum absolute atomic E-state index is 9.70. The smallest absolute Gasteiger partial charge is 0.0939 e. The van der Waals surface area contributed by atoms with Crippen molar-refractivity contribution < 1.29 is 9.11 Å². The SMILES string of the molecule is CSC(=CC#N)N1CCN(C2CCS(O)(O)C2)CC1. The van der Waals surface area contributed by atoms with E-state index in [1.54, 1.807) is 17.8 Å². The van der Waals surface area contributed by atoms with Crippen LogP contribution < -0.4 is 0 Å². The van der Waals surface area contributed by atoms with Gasteiger partial charge in [-0.15, -0.1) is 11.8 Å². The molecule has 2 rings (SSSR count). The van der Waals surface area contributed by atoms with Crippen LogP contribution in [-0.4, -0.2) is 68.9 Å². The fourth-order valence-electron chi connectivity index (χ4n) is 2.73. The van der Waals surface area contributed by atoms with Crippen LogP contribution in [0.1, 0.15) is 6.42 Å². The van der Waals surface area contributed by atoms with E-state index in [0.29, 0.717) is 17.5 Å². The van der Waals surface area contributed by atoms with Crippen LogP contribution in [0, 0.1) is 11.3 Å². The fourth-order valence-corrected chi connectivity index (χ4v) is 5.15. The summed E-state index contributed by atoms with van der Waals surface area (Å²) in [4.78, 5) is 4.60. The highest BCUT2D eigenvalue weighted by molar-refractivity contribution is 8.24. The topological polar surface area (TPSA) is 70.7 Å². The Kier molecular flexibility index (Phi) is 5.03. The van der Waals surface area contributed by atoms with E-state index in [0.717, 1.165) is 37.6 Å². The summed E-state index contributed by atoms with van der Waals surface area (Å²) in [5.41, 5.74) is 0. The Bertz CT molecular complexity index is 387. The lowest BCUT2D eigenvalue weighted by Crippen LogP contribution is -2.49. The first-order chi connectivity index (χ1) is 9.05. The molecule has 7 heteroatoms. The van der Waals surface area contributed by atoms with Crippen molar-refractivity contribution in [1.29, 1.82) is 5.26 Å². The van der Waals surface area contributed by atoms with Gasteiger partial charge in [-0.2, -0.15) is 15.9 Å². The molecular formula is C12H21N3O2S2. The van der Waals surface area contributed by atoms with Gasteiger partial charge < -0.3 is 4.90 Å². The fraction of sp³-hybridized carbons (Fsp3) is 0.750. The number of hydrogen-bond acceptors (Lipinski definition) is 6. The summed E-state index contributed by atoms with van der Waals surface area (Å²) in [6, 6.07) is 2.42. The number of thioether (sulfide) groups is 1. The molecule has 2 aliphatic rings. The molecule has 2 fully saturated rings. The number of rotatable bonds is 3. The molecule has 2 saturated heterocycles. The monoisotopic (exact) mass is 303 g/mol. The van der Waals surface area contributed by atoms with Crippen molar-refractivity contribution >= 4 is 22.4 Å². The molecule has 0 amide bonds. The third-order valence-electron chi connectivity index (χ3n) is 3.78. The Hall–Kier alpha value is -0.390. The van der Waals surface area contributed by atoms with Crippen LogP contribution in [0.2, 0.25) is 0 Å². The van der Waals surface area contributed by atoms with Gasteiger partial charge in [0, 0.05) is 44.0 Å². The zero-order chi connectivity index (χ0) is 13.9. The van der Waals surface area contributed by atoms with Gasteiger partial charge in [0.05, 0.1) is 16.9 Å². The highest BCUT2D eigenvalue weighted by Crippen LogP contribution is 2.47. The lowest BCUT2D eigenvalue weighted by molar-refractivity contribution is 0.130. The summed E-state index contributed by atoms with van der Waals surface area (Å²) in [5.74, 6) is 1.10. The third-order valence-corrected chi connectivity index (χ3v) is 6.38. The van der Waals surface area contributed by atoms with Gasteiger partial charge in [0.2, 0.25) is 0 Å². The van der Waals surface area contributed by atoms with Crippen LogP contribution in [0.4, 0.5) is 0 Å². The minimum atomic E-state index is -2.30. The number of nitriles is 1. The molecule has 0 saturated carbocycles. The summed E-state index contributed by atoms with van der Waals surface area (Å²) in [6.07, 6.45) is 4.49. The molecule has 0 radical (unpaired) electrons. The minimum Gasteiger partial charge on any atom is -0.363 e. The zero-order valence-electron chi connectivity index (χ0n) is 11.2. The Balaban J connectivity index is 1.86. The number of allylic oxidation sites excluding steroid dienone is 1. The molecule has 108 valence electrons. The maximum atomic E-state index is 9.70. The van der Waals surface area contributed by atoms with E-state index in [1.165, 1.54) is 0 Å². The highest BCUT2D eigenvalue weighted by Gasteiger charge is 2.33. The summed E-state index contributed by atoms with van der Waals surface area (Å²) in [7, 11) is -2.30. The van der Waals surface area contributed by atoms with E-state index in [1.807, 2.05) is 6.26 Å². The molecule has 5 nitrogen and oxygen atoms in total. The first-order valence-corrected chi connectivity index (χ1v) is 9.53. The molecule has 1 atom stereocenters. The second-order valence-electron chi connectivity index (χ2n) is 4.95. The predicted molar refractivity (Wildman–Crippen MR) is 81.3 cm³/mol. The van der Waals surface area contributed by atoms with Crippen molar-refractivity contribution in [1.82, 2.24) is 9.80 Å². The Labute approximate surface area is 120 Å². The molecule has 2 aliphatic heterocycles. The third kappa shape index (κ3) is 3.80. The van der Waals surface area contributed by atoms with Crippen LogP contribution in [0.5, 0.6) is 0 Å². The molecular weight excluding hydrogens is 282 g/mol. The number of nitrogens with zero attached hydrogens (tertiary/aromatic N) is 3. The zero-order valence-corrected chi connectivity index (χ0v) is 12.8. The maximum Gasteiger partial charge on any atom is 0.0939 e. The predicted octanol–water partition coefficient (Wildman–Crippen LogP) is 1.85. The van der Waals surface area contributed by atoms with Crippen LogP contribution in [-0.2, 0) is 0 Å². The lowest BCUT2D eigenvalue weighted by atomic mass is 10.2. The molecule has 0 bridgehead atoms. The van der Waals surface area contributed by atoms with E-state index in [9.17, 15) is 9.11 Å². The minimum absolute atomic E-state index is 0.324. The molecule has 0 spiro atoms. The van der Waals surface area contributed by atoms with Gasteiger partial charge in [0.25, 0.3) is 0 Å². The van der Waals surface area contributed by atoms with E-state index in [-0.39, 0.29) is 0 Å². The van der Waals surface area contributed by atoms with E-state index < -0.39 is 10.6 Å². The first kappa shape index (κ1) is 15.0. The lowest BCUT2D eigenvalue weighted by Gasteiger charge is -2.39. The molecule has 0 aromatic carbocycles. The van der Waals surface area contributed by atoms with E-state index in [2.05, 4.69) is 15.9 Å². The van der Waals surface area contributed by atoms with Crippen LogP contribution >= 0.6 is 22.4 Å². The average Bonchev–Trinajstić information content (AvgIpc) is 2.77. The molecule has 2 heterocycles. The van der Waals surface area contributed by atoms with Crippen molar-refractivity contribution in [2.24, 2.45) is 0 Å². The summed E-state index contributed by atoms with van der Waals surface area (Å²) < 4.78 is 19.4. The molecule has 2 N–H and O–H groups in total. The van der Waals surface area contributed by atoms with Crippen LogP contribution in [0.3, 0.4) is 0 Å². The Morgan fingerprint density at radius 2 is 2.05 bits per heavy atom. The summed E-state index contributed by atoms with van der Waals surface area (Å²) in [5, 5.41) is 9.78. The van der Waals surface area contributed by atoms with Gasteiger partial charge >= 0.3 is 0 Å². The van der Waals surface area contributed by atoms with Gasteiger partial charge in [0.1, 0.15) is 0 Å². The quantitative estimate of drug-likeness (QED) is 0.776. The second kappa shape index (κ2) is 6.37. The molecule has 0 aromatic heterocycles. The number of piperazine rings is 1. The van der Waals surface area contributed by atoms with Crippen LogP contribution in [0.25, 0.3) is 0 Å². The van der Waals surface area contributed by atoms with Gasteiger partial charge in [0.15, 0.2) is 0 Å². The largest absolute Gasteiger partial charge is 0.363 e. The van der Waals surface area contributed by atoms with Crippen LogP contribution in [0.15, 0.2) is 11.1 Å². The van der Waals surface area contributed by atoms with E-state index >= 15 is 0 Å². The Morgan fingerprint density at radius 1 is 1.37 bits per heavy atom. The molecule has 0 aliphatic carbocycles. The summed E-state index contributed by atoms with van der Waals surface area (Å²) >= 11 is 1.60. The standard InChI is InChI=1S/C12H21N3O2S2/c1-18-12(2-4-13)15-7-5-14(6-8-15)11-3-9-19(16,17)10-11/h2,11,16-17H,3,5-10H2,1H3. The normalized spacial score (nSPS) is 30.1. The number of hydrogen-bond donors (Lipinski definition) is 2. The first-order valence-electron chi connectivity index (χ1n) is 6.42. The van der Waals surface area contributed by atoms with Crippen molar-refractivity contribution in [2.75, 3.05) is 43.9 Å². The van der Waals surface area contributed by atoms with Gasteiger partial charge in [-0.1, -0.05) is 0 Å². The van der Waals surface area contributed by atoms with Crippen molar-refractivity contribution in [2.45, 2.75) is 12.5 Å². The summed E-state index contributed by atoms with van der Waals surface area (Å²) in [6.45, 7) is 3.68. The highest BCUT2D eigenvalue weighted by atomic mass is 32.3. The van der Waals surface area contributed by atoms with Crippen molar-refractivity contribution in [3.8, 4) is 6.07 Å². The van der Waals surface area contributed by atoms with E-state index in [4.69, 9.17) is 5.26 Å². The second-order valence-corrected chi connectivity index (χ2v) is 8.13. The van der Waals surface area contributed by atoms with Gasteiger partial charge in [-0.3, -0.25) is 14.0 Å². The molecule has 0 aromatic rings. The average molecular weight is 303 g/mol. The Morgan fingerprint density at radius 3 is 2.53 bits per heavy atom. The van der Waals surface area contributed by atoms with Crippen molar-refractivity contribution in [3.63, 3.8) is 0 Å². The van der Waals surface area contributed by atoms with Gasteiger partial charge in [-0.25, -0.2) is 0 Å². The molecule has 19 heavy (non-hydrogen) atoms. The molecule has 1 unspecified atom stereocenters. The van der Waals surface area contributed by atoms with Crippen molar-refractivity contribution in [3.05, 3.63) is 11.1 Å².